The van der Waals surface area contributed by atoms with E-state index in [1.54, 1.807) is 7.05 Å². The summed E-state index contributed by atoms with van der Waals surface area (Å²) >= 11 is 0. The van der Waals surface area contributed by atoms with E-state index in [-0.39, 0.29) is 30.2 Å². The molecule has 0 aliphatic heterocycles. The van der Waals surface area contributed by atoms with Gasteiger partial charge >= 0.3 is 6.03 Å². The Balaban J connectivity index is -0.000000348. The molecule has 268 valence electrons. The van der Waals surface area contributed by atoms with Gasteiger partial charge in [0.2, 0.25) is 11.8 Å². The minimum Gasteiger partial charge on any atom is -0.379 e. The van der Waals surface area contributed by atoms with Crippen LogP contribution < -0.4 is 32.7 Å². The van der Waals surface area contributed by atoms with Crippen LogP contribution in [0.25, 0.3) is 0 Å². The molecule has 0 rings (SSSR count). The third-order valence-corrected chi connectivity index (χ3v) is 5.35. The normalized spacial score (nSPS) is 11.3. The molecule has 15 heteroatoms. The lowest BCUT2D eigenvalue weighted by molar-refractivity contribution is -0.125. The summed E-state index contributed by atoms with van der Waals surface area (Å²) in [7, 11) is 3.54. The van der Waals surface area contributed by atoms with Crippen molar-refractivity contribution in [2.45, 2.75) is 78.8 Å². The van der Waals surface area contributed by atoms with Gasteiger partial charge in [0.25, 0.3) is 0 Å². The van der Waals surface area contributed by atoms with Crippen LogP contribution >= 0.6 is 0 Å². The fraction of sp³-hybridized carbons (Fsp3) is 0.833. The standard InChI is InChI=1S/C17H34N2O6.C7H16N4O2.C4H8O.C2H6/c1-15(2)16(14-20)19-17(21)4-6-22-8-10-24-12-13-25-11-9-23-7-5-18-3;1-10-5(6(8)12)3-2-4-11-7(9)13;1-2-3-4-5;1-2/h14-16,18H,4-13H2,1-3H3,(H,19,21);5,10H,2-4H2,1H3,(H2,8,12)(H3,9,11,13);4H,2-3H2,1H3;1-2H3. The predicted molar refractivity (Wildman–Crippen MR) is 176 cm³/mol. The van der Waals surface area contributed by atoms with E-state index in [1.165, 1.54) is 0 Å². The summed E-state index contributed by atoms with van der Waals surface area (Å²) < 4.78 is 21.3. The van der Waals surface area contributed by atoms with Gasteiger partial charge in [-0.05, 0) is 39.3 Å². The first-order valence-electron chi connectivity index (χ1n) is 15.7. The van der Waals surface area contributed by atoms with Crippen LogP contribution in [-0.4, -0.2) is 123 Å². The fourth-order valence-electron chi connectivity index (χ4n) is 2.78. The number of urea groups is 1. The molecule has 0 aliphatic rings. The molecule has 0 bridgehead atoms. The van der Waals surface area contributed by atoms with Gasteiger partial charge < -0.3 is 61.3 Å². The second-order valence-corrected chi connectivity index (χ2v) is 9.41. The third-order valence-electron chi connectivity index (χ3n) is 5.35. The smallest absolute Gasteiger partial charge is 0.312 e. The first kappa shape index (κ1) is 49.2. The van der Waals surface area contributed by atoms with Gasteiger partial charge in [-0.2, -0.15) is 0 Å². The van der Waals surface area contributed by atoms with Crippen molar-refractivity contribution in [3.63, 3.8) is 0 Å². The van der Waals surface area contributed by atoms with Crippen LogP contribution in [-0.2, 0) is 38.1 Å². The Bertz CT molecular complexity index is 688. The maximum atomic E-state index is 11.6. The number of ether oxygens (including phenoxy) is 4. The molecule has 0 aromatic carbocycles. The summed E-state index contributed by atoms with van der Waals surface area (Å²) in [4.78, 5) is 52.8. The molecule has 0 aliphatic carbocycles. The van der Waals surface area contributed by atoms with Crippen LogP contribution in [0.1, 0.15) is 66.7 Å². The van der Waals surface area contributed by atoms with Gasteiger partial charge in [0.15, 0.2) is 0 Å². The number of primary amides is 2. The quantitative estimate of drug-likeness (QED) is 0.0558. The molecule has 2 unspecified atom stereocenters. The largest absolute Gasteiger partial charge is 0.379 e. The summed E-state index contributed by atoms with van der Waals surface area (Å²) in [5.41, 5.74) is 9.92. The molecule has 0 spiro atoms. The average molecular weight is 653 g/mol. The lowest BCUT2D eigenvalue weighted by Crippen LogP contribution is -2.40. The maximum absolute atomic E-state index is 11.6. The molecular weight excluding hydrogens is 588 g/mol. The van der Waals surface area contributed by atoms with E-state index in [0.717, 1.165) is 25.5 Å². The fourth-order valence-corrected chi connectivity index (χ4v) is 2.78. The lowest BCUT2D eigenvalue weighted by Gasteiger charge is -2.16. The van der Waals surface area contributed by atoms with Gasteiger partial charge in [-0.3, -0.25) is 9.59 Å². The first-order valence-corrected chi connectivity index (χ1v) is 15.7. The van der Waals surface area contributed by atoms with Crippen LogP contribution in [0.3, 0.4) is 0 Å². The van der Waals surface area contributed by atoms with Crippen molar-refractivity contribution in [1.29, 1.82) is 0 Å². The van der Waals surface area contributed by atoms with Crippen LogP contribution in [0, 0.1) is 5.92 Å². The Labute approximate surface area is 270 Å². The lowest BCUT2D eigenvalue weighted by atomic mass is 10.1. The van der Waals surface area contributed by atoms with E-state index in [4.69, 9.17) is 30.4 Å². The number of carbonyl (C=O) groups excluding carboxylic acids is 5. The van der Waals surface area contributed by atoms with Crippen molar-refractivity contribution >= 4 is 30.4 Å². The molecule has 0 radical (unpaired) electrons. The molecule has 4 amide bonds. The number of hydrogen-bond donors (Lipinski definition) is 6. The summed E-state index contributed by atoms with van der Waals surface area (Å²) in [5.74, 6) is -0.489. The molecule has 0 fully saturated rings. The Kier molecular flexibility index (Phi) is 45.2. The van der Waals surface area contributed by atoms with E-state index in [2.05, 4.69) is 21.3 Å². The van der Waals surface area contributed by atoms with Crippen molar-refractivity contribution in [3.05, 3.63) is 0 Å². The zero-order chi connectivity index (χ0) is 35.1. The molecular formula is C30H64N6O9. The molecule has 15 nitrogen and oxygen atoms in total. The highest BCUT2D eigenvalue weighted by Gasteiger charge is 2.14. The van der Waals surface area contributed by atoms with Gasteiger partial charge in [-0.15, -0.1) is 0 Å². The van der Waals surface area contributed by atoms with Gasteiger partial charge in [0.05, 0.1) is 64.9 Å². The summed E-state index contributed by atoms with van der Waals surface area (Å²) in [6.45, 7) is 15.0. The summed E-state index contributed by atoms with van der Waals surface area (Å²) in [6.07, 6.45) is 4.86. The summed E-state index contributed by atoms with van der Waals surface area (Å²) in [5, 5.41) is 10.9. The average Bonchev–Trinajstić information content (AvgIpc) is 3.01. The molecule has 0 aromatic heterocycles. The SMILES string of the molecule is CC.CCCC=O.CNC(CCCNC(N)=O)C(N)=O.CNCCOCCOCCOCCOCCC(=O)NC(C=O)C(C)C. The van der Waals surface area contributed by atoms with Crippen molar-refractivity contribution in [1.82, 2.24) is 21.3 Å². The van der Waals surface area contributed by atoms with E-state index in [1.807, 2.05) is 41.7 Å². The first-order chi connectivity index (χ1) is 21.6. The number of nitrogens with one attached hydrogen (secondary N) is 4. The Morgan fingerprint density at radius 3 is 1.67 bits per heavy atom. The molecule has 0 heterocycles. The van der Waals surface area contributed by atoms with E-state index in [0.29, 0.717) is 78.7 Å². The van der Waals surface area contributed by atoms with Crippen LogP contribution in [0.15, 0.2) is 0 Å². The highest BCUT2D eigenvalue weighted by atomic mass is 16.6. The summed E-state index contributed by atoms with van der Waals surface area (Å²) in [6, 6.07) is -1.33. The van der Waals surface area contributed by atoms with Crippen LogP contribution in [0.4, 0.5) is 4.79 Å². The second kappa shape index (κ2) is 41.3. The third kappa shape index (κ3) is 43.5. The minimum atomic E-state index is -0.555. The van der Waals surface area contributed by atoms with Crippen molar-refractivity contribution in [3.8, 4) is 0 Å². The van der Waals surface area contributed by atoms with Gasteiger partial charge in [-0.1, -0.05) is 34.6 Å². The Morgan fingerprint density at radius 1 is 0.800 bits per heavy atom. The van der Waals surface area contributed by atoms with Gasteiger partial charge in [0.1, 0.15) is 12.6 Å². The highest BCUT2D eigenvalue weighted by Crippen LogP contribution is 1.99. The van der Waals surface area contributed by atoms with Crippen molar-refractivity contribution in [2.75, 3.05) is 80.0 Å². The zero-order valence-corrected chi connectivity index (χ0v) is 28.8. The van der Waals surface area contributed by atoms with E-state index >= 15 is 0 Å². The molecule has 0 saturated heterocycles. The number of aldehydes is 2. The molecule has 8 N–H and O–H groups in total. The van der Waals surface area contributed by atoms with Crippen LogP contribution in [0.5, 0.6) is 0 Å². The predicted octanol–water partition coefficient (Wildman–Crippen LogP) is 0.522. The number of likely N-dealkylation sites (N-methyl/N-ethyl adjacent to an activating group) is 2. The maximum Gasteiger partial charge on any atom is 0.312 e. The van der Waals surface area contributed by atoms with Crippen molar-refractivity contribution in [2.24, 2.45) is 17.4 Å². The molecule has 0 saturated carbocycles. The number of unbranched alkanes of at least 4 members (excludes halogenated alkanes) is 1. The van der Waals surface area contributed by atoms with E-state index in [9.17, 15) is 24.0 Å². The number of rotatable bonds is 26. The monoisotopic (exact) mass is 652 g/mol. The number of hydrogen-bond acceptors (Lipinski definition) is 11. The van der Waals surface area contributed by atoms with Gasteiger partial charge in [0, 0.05) is 25.9 Å². The highest BCUT2D eigenvalue weighted by molar-refractivity contribution is 5.80. The number of nitrogens with two attached hydrogens (primary N) is 2. The second-order valence-electron chi connectivity index (χ2n) is 9.41. The number of carbonyl (C=O) groups is 5. The topological polar surface area (TPSA) is 222 Å². The molecule has 45 heavy (non-hydrogen) atoms. The number of amides is 4. The van der Waals surface area contributed by atoms with Crippen molar-refractivity contribution < 1.29 is 42.9 Å². The molecule has 2 atom stereocenters. The van der Waals surface area contributed by atoms with Gasteiger partial charge in [-0.25, -0.2) is 4.79 Å². The Morgan fingerprint density at radius 2 is 1.31 bits per heavy atom. The minimum absolute atomic E-state index is 0.0814. The molecule has 0 aromatic rings. The van der Waals surface area contributed by atoms with Crippen LogP contribution in [0.2, 0.25) is 0 Å². The zero-order valence-electron chi connectivity index (χ0n) is 28.8. The van der Waals surface area contributed by atoms with E-state index < -0.39 is 12.1 Å². The Hall–Kier alpha value is -2.69.